The number of aryl methyl sites for hydroxylation is 2. The summed E-state index contributed by atoms with van der Waals surface area (Å²) in [6.07, 6.45) is 1.65. The van der Waals surface area contributed by atoms with Crippen LogP contribution in [-0.2, 0) is 6.54 Å². The molecule has 0 radical (unpaired) electrons. The molecule has 3 aromatic carbocycles. The molecule has 4 aromatic rings. The molecule has 0 saturated carbocycles. The van der Waals surface area contributed by atoms with Gasteiger partial charge in [-0.25, -0.2) is 4.98 Å². The highest BCUT2D eigenvalue weighted by Gasteiger charge is 2.13. The van der Waals surface area contributed by atoms with Crippen LogP contribution in [0.1, 0.15) is 24.0 Å². The van der Waals surface area contributed by atoms with Crippen LogP contribution in [-0.4, -0.2) is 23.3 Å². The maximum atomic E-state index is 13.3. The van der Waals surface area contributed by atoms with Crippen molar-refractivity contribution in [2.24, 2.45) is 0 Å². The molecule has 1 heterocycles. The zero-order valence-corrected chi connectivity index (χ0v) is 18.8. The Balaban J connectivity index is 1.53. The molecular weight excluding hydrogens is 400 g/mol. The fourth-order valence-corrected chi connectivity index (χ4v) is 3.70. The standard InChI is InChI=1S/C27H28N2O3/c1-19-10-13-23(18-20(19)2)32-17-7-6-16-29-26(21-11-14-22(31-3)15-12-21)28-25-9-5-4-8-24(25)27(29)30/h4-5,8-15,18H,6-7,16-17H2,1-3H3. The number of nitrogens with zero attached hydrogens (tertiary/aromatic N) is 2. The number of hydrogen-bond donors (Lipinski definition) is 0. The quantitative estimate of drug-likeness (QED) is 0.345. The SMILES string of the molecule is COc1ccc(-c2nc3ccccc3c(=O)n2CCCCOc2ccc(C)c(C)c2)cc1. The van der Waals surface area contributed by atoms with Crippen molar-refractivity contribution in [1.82, 2.24) is 9.55 Å². The molecule has 0 saturated heterocycles. The van der Waals surface area contributed by atoms with Crippen molar-refractivity contribution in [2.75, 3.05) is 13.7 Å². The normalized spacial score (nSPS) is 11.0. The van der Waals surface area contributed by atoms with Gasteiger partial charge < -0.3 is 9.47 Å². The summed E-state index contributed by atoms with van der Waals surface area (Å²) in [6, 6.07) is 21.3. The fourth-order valence-electron chi connectivity index (χ4n) is 3.70. The highest BCUT2D eigenvalue weighted by molar-refractivity contribution is 5.79. The van der Waals surface area contributed by atoms with Crippen LogP contribution in [0.25, 0.3) is 22.3 Å². The summed E-state index contributed by atoms with van der Waals surface area (Å²) in [5.74, 6) is 2.33. The molecule has 1 aromatic heterocycles. The second kappa shape index (κ2) is 9.69. The first-order valence-electron chi connectivity index (χ1n) is 10.9. The number of methoxy groups -OCH3 is 1. The number of fused-ring (bicyclic) bond motifs is 1. The Hall–Kier alpha value is -3.60. The summed E-state index contributed by atoms with van der Waals surface area (Å²) >= 11 is 0. The van der Waals surface area contributed by atoms with Gasteiger partial charge >= 0.3 is 0 Å². The largest absolute Gasteiger partial charge is 0.497 e. The Bertz CT molecular complexity index is 1280. The summed E-state index contributed by atoms with van der Waals surface area (Å²) in [5.41, 5.74) is 4.06. The lowest BCUT2D eigenvalue weighted by molar-refractivity contribution is 0.302. The van der Waals surface area contributed by atoms with E-state index in [1.807, 2.05) is 54.6 Å². The average molecular weight is 429 g/mol. The van der Waals surface area contributed by atoms with Gasteiger partial charge in [0.15, 0.2) is 0 Å². The summed E-state index contributed by atoms with van der Waals surface area (Å²) < 4.78 is 13.0. The summed E-state index contributed by atoms with van der Waals surface area (Å²) in [5, 5.41) is 0.635. The first-order chi connectivity index (χ1) is 15.6. The maximum Gasteiger partial charge on any atom is 0.261 e. The Morgan fingerprint density at radius 1 is 0.875 bits per heavy atom. The summed E-state index contributed by atoms with van der Waals surface area (Å²) in [7, 11) is 1.64. The number of ether oxygens (including phenoxy) is 2. The van der Waals surface area contributed by atoms with E-state index < -0.39 is 0 Å². The Labute approximate surface area is 188 Å². The molecule has 4 rings (SSSR count). The van der Waals surface area contributed by atoms with Crippen LogP contribution in [0, 0.1) is 13.8 Å². The Kier molecular flexibility index (Phi) is 6.55. The summed E-state index contributed by atoms with van der Waals surface area (Å²) in [6.45, 7) is 5.36. The molecule has 0 atom stereocenters. The zero-order chi connectivity index (χ0) is 22.5. The monoisotopic (exact) mass is 428 g/mol. The molecule has 0 unspecified atom stereocenters. The number of benzene rings is 3. The van der Waals surface area contributed by atoms with E-state index in [1.54, 1.807) is 11.7 Å². The number of rotatable bonds is 8. The van der Waals surface area contributed by atoms with Crippen LogP contribution in [0.3, 0.4) is 0 Å². The number of para-hydroxylation sites is 1. The van der Waals surface area contributed by atoms with Crippen molar-refractivity contribution in [3.8, 4) is 22.9 Å². The van der Waals surface area contributed by atoms with Crippen LogP contribution in [0.2, 0.25) is 0 Å². The topological polar surface area (TPSA) is 53.3 Å². The number of aromatic nitrogens is 2. The molecule has 164 valence electrons. The van der Waals surface area contributed by atoms with Crippen LogP contribution in [0.4, 0.5) is 0 Å². The van der Waals surface area contributed by atoms with E-state index in [4.69, 9.17) is 14.5 Å². The second-order valence-corrected chi connectivity index (χ2v) is 7.94. The molecule has 0 aliphatic rings. The van der Waals surface area contributed by atoms with Gasteiger partial charge in [0.1, 0.15) is 17.3 Å². The van der Waals surface area contributed by atoms with Gasteiger partial charge in [0.2, 0.25) is 0 Å². The fraction of sp³-hybridized carbons (Fsp3) is 0.259. The van der Waals surface area contributed by atoms with E-state index in [9.17, 15) is 4.79 Å². The number of unbranched alkanes of at least 4 members (excludes halogenated alkanes) is 1. The van der Waals surface area contributed by atoms with Crippen molar-refractivity contribution >= 4 is 10.9 Å². The van der Waals surface area contributed by atoms with E-state index >= 15 is 0 Å². The van der Waals surface area contributed by atoms with Gasteiger partial charge in [0.25, 0.3) is 5.56 Å². The molecular formula is C27H28N2O3. The molecule has 0 fully saturated rings. The molecule has 32 heavy (non-hydrogen) atoms. The minimum absolute atomic E-state index is 0.0171. The second-order valence-electron chi connectivity index (χ2n) is 7.94. The van der Waals surface area contributed by atoms with Gasteiger partial charge in [-0.3, -0.25) is 9.36 Å². The van der Waals surface area contributed by atoms with Crippen molar-refractivity contribution in [3.63, 3.8) is 0 Å². The highest BCUT2D eigenvalue weighted by atomic mass is 16.5. The minimum Gasteiger partial charge on any atom is -0.497 e. The molecule has 0 spiro atoms. The molecule has 0 aliphatic heterocycles. The minimum atomic E-state index is -0.0171. The highest BCUT2D eigenvalue weighted by Crippen LogP contribution is 2.22. The van der Waals surface area contributed by atoms with Crippen molar-refractivity contribution in [1.29, 1.82) is 0 Å². The lowest BCUT2D eigenvalue weighted by Gasteiger charge is -2.14. The first-order valence-corrected chi connectivity index (χ1v) is 10.9. The number of hydrogen-bond acceptors (Lipinski definition) is 4. The van der Waals surface area contributed by atoms with Gasteiger partial charge in [-0.2, -0.15) is 0 Å². The van der Waals surface area contributed by atoms with E-state index in [1.165, 1.54) is 11.1 Å². The maximum absolute atomic E-state index is 13.3. The Morgan fingerprint density at radius 2 is 1.62 bits per heavy atom. The molecule has 0 N–H and O–H groups in total. The van der Waals surface area contributed by atoms with Crippen molar-refractivity contribution in [3.05, 3.63) is 88.2 Å². The molecule has 5 heteroatoms. The molecule has 0 bridgehead atoms. The molecule has 0 aliphatic carbocycles. The van der Waals surface area contributed by atoms with Crippen molar-refractivity contribution < 1.29 is 9.47 Å². The third-order valence-corrected chi connectivity index (χ3v) is 5.73. The third-order valence-electron chi connectivity index (χ3n) is 5.73. The van der Waals surface area contributed by atoms with E-state index in [-0.39, 0.29) is 5.56 Å². The van der Waals surface area contributed by atoms with Gasteiger partial charge in [-0.1, -0.05) is 18.2 Å². The van der Waals surface area contributed by atoms with Crippen LogP contribution in [0.15, 0.2) is 71.5 Å². The van der Waals surface area contributed by atoms with E-state index in [0.29, 0.717) is 29.9 Å². The lowest BCUT2D eigenvalue weighted by Crippen LogP contribution is -2.24. The smallest absolute Gasteiger partial charge is 0.261 e. The van der Waals surface area contributed by atoms with Gasteiger partial charge in [-0.05, 0) is 86.3 Å². The van der Waals surface area contributed by atoms with Crippen molar-refractivity contribution in [2.45, 2.75) is 33.2 Å². The van der Waals surface area contributed by atoms with Crippen LogP contribution >= 0.6 is 0 Å². The zero-order valence-electron chi connectivity index (χ0n) is 18.8. The van der Waals surface area contributed by atoms with Gasteiger partial charge in [0, 0.05) is 12.1 Å². The van der Waals surface area contributed by atoms with Gasteiger partial charge in [0.05, 0.1) is 24.6 Å². The predicted molar refractivity (Wildman–Crippen MR) is 129 cm³/mol. The summed E-state index contributed by atoms with van der Waals surface area (Å²) in [4.78, 5) is 18.1. The van der Waals surface area contributed by atoms with E-state index in [0.717, 1.165) is 29.9 Å². The third kappa shape index (κ3) is 4.67. The first kappa shape index (κ1) is 21.6. The average Bonchev–Trinajstić information content (AvgIpc) is 2.82. The van der Waals surface area contributed by atoms with Gasteiger partial charge in [-0.15, -0.1) is 0 Å². The van der Waals surface area contributed by atoms with Crippen LogP contribution in [0.5, 0.6) is 11.5 Å². The molecule has 5 nitrogen and oxygen atoms in total. The lowest BCUT2D eigenvalue weighted by atomic mass is 10.1. The Morgan fingerprint density at radius 3 is 2.38 bits per heavy atom. The molecule has 0 amide bonds. The predicted octanol–water partition coefficient (Wildman–Crippen LogP) is 5.55. The van der Waals surface area contributed by atoms with E-state index in [2.05, 4.69) is 26.0 Å². The van der Waals surface area contributed by atoms with Crippen LogP contribution < -0.4 is 15.0 Å².